The molecule has 1 heterocycles. The van der Waals surface area contributed by atoms with E-state index in [1.165, 1.54) is 0 Å². The third kappa shape index (κ3) is 3.44. The lowest BCUT2D eigenvalue weighted by Gasteiger charge is -2.13. The number of benzene rings is 3. The van der Waals surface area contributed by atoms with Gasteiger partial charge >= 0.3 is 0 Å². The number of fused-ring (bicyclic) bond motifs is 1. The van der Waals surface area contributed by atoms with Gasteiger partial charge in [-0.2, -0.15) is 0 Å². The van der Waals surface area contributed by atoms with Gasteiger partial charge in [0, 0.05) is 16.6 Å². The van der Waals surface area contributed by atoms with Crippen LogP contribution in [0.15, 0.2) is 78.9 Å². The first kappa shape index (κ1) is 17.0. The molecule has 0 spiro atoms. The molecular weight excluding hydrogens is 332 g/mol. The number of pyridine rings is 1. The third-order valence-electron chi connectivity index (χ3n) is 4.59. The molecule has 4 rings (SSSR count). The Balaban J connectivity index is 1.90. The lowest BCUT2D eigenvalue weighted by atomic mass is 9.99. The Labute approximate surface area is 158 Å². The molecule has 1 N–H and O–H groups in total. The zero-order chi connectivity index (χ0) is 18.8. The minimum atomic E-state index is -0.129. The highest BCUT2D eigenvalue weighted by atomic mass is 16.1. The van der Waals surface area contributed by atoms with Crippen LogP contribution in [0.5, 0.6) is 0 Å². The number of aromatic nitrogens is 1. The lowest BCUT2D eigenvalue weighted by molar-refractivity contribution is 0.102. The molecule has 3 nitrogen and oxygen atoms in total. The van der Waals surface area contributed by atoms with E-state index in [4.69, 9.17) is 4.98 Å². The topological polar surface area (TPSA) is 42.0 Å². The van der Waals surface area contributed by atoms with Crippen LogP contribution in [0.2, 0.25) is 0 Å². The van der Waals surface area contributed by atoms with E-state index in [1.54, 1.807) is 0 Å². The largest absolute Gasteiger partial charge is 0.322 e. The molecule has 0 saturated heterocycles. The van der Waals surface area contributed by atoms with Gasteiger partial charge in [0.15, 0.2) is 0 Å². The first-order chi connectivity index (χ1) is 13.1. The van der Waals surface area contributed by atoms with Crippen LogP contribution in [-0.2, 0) is 0 Å². The van der Waals surface area contributed by atoms with E-state index in [2.05, 4.69) is 11.4 Å². The van der Waals surface area contributed by atoms with Crippen LogP contribution in [0.1, 0.15) is 21.5 Å². The highest BCUT2D eigenvalue weighted by Crippen LogP contribution is 2.28. The van der Waals surface area contributed by atoms with Gasteiger partial charge in [0.05, 0.1) is 16.8 Å². The molecule has 0 aliphatic heterocycles. The van der Waals surface area contributed by atoms with E-state index in [0.717, 1.165) is 39.0 Å². The molecule has 132 valence electrons. The van der Waals surface area contributed by atoms with E-state index in [1.807, 2.05) is 86.6 Å². The fourth-order valence-corrected chi connectivity index (χ4v) is 3.35. The van der Waals surface area contributed by atoms with Crippen molar-refractivity contribution in [1.29, 1.82) is 0 Å². The zero-order valence-corrected chi connectivity index (χ0v) is 15.4. The van der Waals surface area contributed by atoms with Crippen molar-refractivity contribution >= 4 is 22.5 Å². The van der Waals surface area contributed by atoms with Crippen molar-refractivity contribution in [3.8, 4) is 11.3 Å². The molecule has 0 bridgehead atoms. The van der Waals surface area contributed by atoms with Crippen molar-refractivity contribution in [3.63, 3.8) is 0 Å². The number of rotatable bonds is 3. The summed E-state index contributed by atoms with van der Waals surface area (Å²) < 4.78 is 0. The Morgan fingerprint density at radius 3 is 2.22 bits per heavy atom. The monoisotopic (exact) mass is 352 g/mol. The van der Waals surface area contributed by atoms with Crippen LogP contribution in [0.25, 0.3) is 22.2 Å². The van der Waals surface area contributed by atoms with Crippen molar-refractivity contribution in [2.24, 2.45) is 0 Å². The number of aryl methyl sites for hydroxylation is 2. The van der Waals surface area contributed by atoms with Crippen LogP contribution in [0.4, 0.5) is 5.69 Å². The quantitative estimate of drug-likeness (QED) is 0.508. The van der Waals surface area contributed by atoms with E-state index >= 15 is 0 Å². The van der Waals surface area contributed by atoms with E-state index in [9.17, 15) is 4.79 Å². The van der Waals surface area contributed by atoms with E-state index < -0.39 is 0 Å². The normalized spacial score (nSPS) is 10.7. The van der Waals surface area contributed by atoms with Crippen LogP contribution in [-0.4, -0.2) is 10.9 Å². The summed E-state index contributed by atoms with van der Waals surface area (Å²) in [5.74, 6) is -0.129. The maximum atomic E-state index is 13.1. The number of amides is 1. The molecular formula is C24H20N2O. The zero-order valence-electron chi connectivity index (χ0n) is 15.4. The van der Waals surface area contributed by atoms with Crippen LogP contribution < -0.4 is 5.32 Å². The molecule has 0 unspecified atom stereocenters. The van der Waals surface area contributed by atoms with Crippen molar-refractivity contribution in [2.45, 2.75) is 13.8 Å². The molecule has 0 aliphatic carbocycles. The number of carbonyl (C=O) groups is 1. The molecule has 0 aliphatic rings. The molecule has 0 atom stereocenters. The second-order valence-electron chi connectivity index (χ2n) is 6.72. The van der Waals surface area contributed by atoms with Gasteiger partial charge in [0.2, 0.25) is 0 Å². The Hall–Kier alpha value is -3.46. The van der Waals surface area contributed by atoms with Gasteiger partial charge in [-0.3, -0.25) is 4.79 Å². The van der Waals surface area contributed by atoms with Gasteiger partial charge in [-0.1, -0.05) is 60.2 Å². The first-order valence-electron chi connectivity index (χ1n) is 8.95. The van der Waals surface area contributed by atoms with Crippen molar-refractivity contribution in [2.75, 3.05) is 5.32 Å². The maximum Gasteiger partial charge on any atom is 0.256 e. The number of anilines is 1. The number of nitrogens with one attached hydrogen (secondary N) is 1. The summed E-state index contributed by atoms with van der Waals surface area (Å²) in [4.78, 5) is 18.0. The van der Waals surface area contributed by atoms with Gasteiger partial charge in [-0.05, 0) is 43.7 Å². The summed E-state index contributed by atoms with van der Waals surface area (Å²) in [7, 11) is 0. The average Bonchev–Trinajstić information content (AvgIpc) is 2.68. The molecule has 1 aromatic heterocycles. The van der Waals surface area contributed by atoms with Gasteiger partial charge in [0.25, 0.3) is 5.91 Å². The second-order valence-corrected chi connectivity index (χ2v) is 6.72. The number of hydrogen-bond acceptors (Lipinski definition) is 2. The molecule has 3 aromatic carbocycles. The molecule has 3 heteroatoms. The van der Waals surface area contributed by atoms with Gasteiger partial charge < -0.3 is 5.32 Å². The van der Waals surface area contributed by atoms with Crippen molar-refractivity contribution in [3.05, 3.63) is 95.6 Å². The average molecular weight is 352 g/mol. The fourth-order valence-electron chi connectivity index (χ4n) is 3.35. The number of carbonyl (C=O) groups excluding carboxylic acids is 1. The highest BCUT2D eigenvalue weighted by molar-refractivity contribution is 6.13. The molecule has 27 heavy (non-hydrogen) atoms. The first-order valence-corrected chi connectivity index (χ1v) is 8.95. The summed E-state index contributed by atoms with van der Waals surface area (Å²) in [6.45, 7) is 4.08. The highest BCUT2D eigenvalue weighted by Gasteiger charge is 2.16. The lowest BCUT2D eigenvalue weighted by Crippen LogP contribution is -2.13. The predicted molar refractivity (Wildman–Crippen MR) is 111 cm³/mol. The van der Waals surface area contributed by atoms with Gasteiger partial charge in [0.1, 0.15) is 0 Å². The minimum absolute atomic E-state index is 0.129. The van der Waals surface area contributed by atoms with Crippen LogP contribution >= 0.6 is 0 Å². The molecule has 4 aromatic rings. The smallest absolute Gasteiger partial charge is 0.256 e. The standard InChI is InChI=1S/C24H20N2O/c1-16-13-17(2)23-20(14-16)21(24(27)25-19-11-7-4-8-12-19)15-22(26-23)18-9-5-3-6-10-18/h3-15H,1-2H3,(H,25,27). The van der Waals surface area contributed by atoms with Crippen LogP contribution in [0.3, 0.4) is 0 Å². The Bertz CT molecular complexity index is 1120. The predicted octanol–water partition coefficient (Wildman–Crippen LogP) is 5.77. The summed E-state index contributed by atoms with van der Waals surface area (Å²) in [5, 5.41) is 3.88. The molecule has 0 fully saturated rings. The summed E-state index contributed by atoms with van der Waals surface area (Å²) >= 11 is 0. The molecule has 1 amide bonds. The molecule has 0 radical (unpaired) electrons. The number of hydrogen-bond donors (Lipinski definition) is 1. The van der Waals surface area contributed by atoms with E-state index in [-0.39, 0.29) is 5.91 Å². The Morgan fingerprint density at radius 2 is 1.52 bits per heavy atom. The Morgan fingerprint density at radius 1 is 0.852 bits per heavy atom. The fraction of sp³-hybridized carbons (Fsp3) is 0.0833. The van der Waals surface area contributed by atoms with Crippen LogP contribution in [0, 0.1) is 13.8 Å². The minimum Gasteiger partial charge on any atom is -0.322 e. The van der Waals surface area contributed by atoms with Crippen molar-refractivity contribution in [1.82, 2.24) is 4.98 Å². The Kier molecular flexibility index (Phi) is 4.43. The number of para-hydroxylation sites is 1. The number of nitrogens with zero attached hydrogens (tertiary/aromatic N) is 1. The molecule has 0 saturated carbocycles. The van der Waals surface area contributed by atoms with Crippen molar-refractivity contribution < 1.29 is 4.79 Å². The summed E-state index contributed by atoms with van der Waals surface area (Å²) in [6, 6.07) is 25.5. The maximum absolute atomic E-state index is 13.1. The SMILES string of the molecule is Cc1cc(C)c2nc(-c3ccccc3)cc(C(=O)Nc3ccccc3)c2c1. The van der Waals surface area contributed by atoms with Gasteiger partial charge in [-0.15, -0.1) is 0 Å². The summed E-state index contributed by atoms with van der Waals surface area (Å²) in [5.41, 5.74) is 6.24. The third-order valence-corrected chi connectivity index (χ3v) is 4.59. The second kappa shape index (κ2) is 7.04. The van der Waals surface area contributed by atoms with Gasteiger partial charge in [-0.25, -0.2) is 4.98 Å². The van der Waals surface area contributed by atoms with E-state index in [0.29, 0.717) is 5.56 Å². The summed E-state index contributed by atoms with van der Waals surface area (Å²) in [6.07, 6.45) is 0.